The third-order valence-corrected chi connectivity index (χ3v) is 9.48. The van der Waals surface area contributed by atoms with Gasteiger partial charge in [-0.3, -0.25) is 5.43 Å². The molecule has 41 heavy (non-hydrogen) atoms. The van der Waals surface area contributed by atoms with Crippen molar-refractivity contribution in [1.82, 2.24) is 0 Å². The van der Waals surface area contributed by atoms with Crippen LogP contribution in [0.4, 0.5) is 5.69 Å². The van der Waals surface area contributed by atoms with Crippen molar-refractivity contribution in [3.05, 3.63) is 185 Å². The van der Waals surface area contributed by atoms with Crippen LogP contribution in [0.1, 0.15) is 33.4 Å². The highest BCUT2D eigenvalue weighted by Gasteiger charge is 2.50. The van der Waals surface area contributed by atoms with Crippen LogP contribution in [-0.2, 0) is 5.41 Å². The van der Waals surface area contributed by atoms with Gasteiger partial charge in [-0.05, 0) is 45.5 Å². The molecule has 0 unspecified atom stereocenters. The summed E-state index contributed by atoms with van der Waals surface area (Å²) in [6, 6.07) is 54.1. The molecule has 6 aromatic carbocycles. The van der Waals surface area contributed by atoms with Crippen LogP contribution in [0.2, 0.25) is 0 Å². The minimum Gasteiger partial charge on any atom is -0.277 e. The second-order valence-electron chi connectivity index (χ2n) is 10.4. The molecule has 1 N–H and O–H groups in total. The fourth-order valence-electron chi connectivity index (χ4n) is 6.57. The molecule has 0 saturated carbocycles. The summed E-state index contributed by atoms with van der Waals surface area (Å²) in [6.07, 6.45) is 0. The fourth-order valence-corrected chi connectivity index (χ4v) is 7.82. The molecule has 2 nitrogen and oxygen atoms in total. The number of hydrogen-bond donors (Lipinski definition) is 1. The van der Waals surface area contributed by atoms with Crippen molar-refractivity contribution in [3.63, 3.8) is 0 Å². The van der Waals surface area contributed by atoms with Gasteiger partial charge >= 0.3 is 0 Å². The molecule has 194 valence electrons. The van der Waals surface area contributed by atoms with E-state index in [1.807, 2.05) is 23.9 Å². The standard InChI is InChI=1S/C38H26N2S/c1-3-14-26(15-4-1)36(27-16-5-2-6-17-27)40-39-34-24-13-23-33-37(34)41-35-25-12-11-22-32(35)38(33)30-20-9-7-18-28(30)29-19-8-10-21-31(29)38/h1-25,39H. The largest absolute Gasteiger partial charge is 0.277 e. The average molecular weight is 543 g/mol. The number of fused-ring (bicyclic) bond motifs is 9. The molecule has 6 aromatic rings. The number of anilines is 1. The van der Waals surface area contributed by atoms with E-state index in [2.05, 4.69) is 145 Å². The number of nitrogens with zero attached hydrogens (tertiary/aromatic N) is 1. The first kappa shape index (κ1) is 24.0. The summed E-state index contributed by atoms with van der Waals surface area (Å²) in [5.41, 5.74) is 15.1. The average Bonchev–Trinajstić information content (AvgIpc) is 3.34. The lowest BCUT2D eigenvalue weighted by Crippen LogP contribution is -2.32. The van der Waals surface area contributed by atoms with Gasteiger partial charge in [0.1, 0.15) is 0 Å². The number of benzene rings is 6. The predicted octanol–water partition coefficient (Wildman–Crippen LogP) is 9.38. The molecule has 0 saturated heterocycles. The quantitative estimate of drug-likeness (QED) is 0.177. The molecule has 1 spiro atoms. The van der Waals surface area contributed by atoms with E-state index in [9.17, 15) is 0 Å². The summed E-state index contributed by atoms with van der Waals surface area (Å²) in [5, 5.41) is 5.06. The molecule has 0 amide bonds. The van der Waals surface area contributed by atoms with E-state index < -0.39 is 5.41 Å². The number of rotatable bonds is 4. The van der Waals surface area contributed by atoms with E-state index in [-0.39, 0.29) is 0 Å². The van der Waals surface area contributed by atoms with Gasteiger partial charge in [0, 0.05) is 20.9 Å². The third kappa shape index (κ3) is 3.63. The second kappa shape index (κ2) is 9.65. The molecule has 0 atom stereocenters. The van der Waals surface area contributed by atoms with Crippen molar-refractivity contribution < 1.29 is 0 Å². The Bertz CT molecular complexity index is 1860. The SMILES string of the molecule is c1ccc(C(=NNc2cccc3c2Sc2ccccc2C32c3ccccc3-c3ccccc32)c2ccccc2)cc1. The Balaban J connectivity index is 1.35. The molecular formula is C38H26N2S. The zero-order valence-electron chi connectivity index (χ0n) is 22.3. The summed E-state index contributed by atoms with van der Waals surface area (Å²) in [6.45, 7) is 0. The summed E-state index contributed by atoms with van der Waals surface area (Å²) < 4.78 is 0. The van der Waals surface area contributed by atoms with Gasteiger partial charge in [-0.2, -0.15) is 5.10 Å². The van der Waals surface area contributed by atoms with E-state index in [1.54, 1.807) is 0 Å². The topological polar surface area (TPSA) is 24.4 Å². The molecule has 1 aliphatic carbocycles. The highest BCUT2D eigenvalue weighted by molar-refractivity contribution is 7.99. The first-order chi connectivity index (χ1) is 20.4. The van der Waals surface area contributed by atoms with E-state index in [0.717, 1.165) is 22.5 Å². The van der Waals surface area contributed by atoms with Crippen molar-refractivity contribution in [3.8, 4) is 11.1 Å². The van der Waals surface area contributed by atoms with Crippen LogP contribution in [-0.4, -0.2) is 5.71 Å². The van der Waals surface area contributed by atoms with Gasteiger partial charge in [0.05, 0.1) is 16.8 Å². The van der Waals surface area contributed by atoms with E-state index in [1.165, 1.54) is 43.2 Å². The van der Waals surface area contributed by atoms with E-state index in [4.69, 9.17) is 5.10 Å². The zero-order valence-corrected chi connectivity index (χ0v) is 23.1. The summed E-state index contributed by atoms with van der Waals surface area (Å²) >= 11 is 1.83. The van der Waals surface area contributed by atoms with Gasteiger partial charge < -0.3 is 0 Å². The Labute approximate surface area is 244 Å². The van der Waals surface area contributed by atoms with Crippen LogP contribution >= 0.6 is 11.8 Å². The van der Waals surface area contributed by atoms with Crippen LogP contribution in [0, 0.1) is 0 Å². The highest BCUT2D eigenvalue weighted by Crippen LogP contribution is 2.62. The van der Waals surface area contributed by atoms with E-state index >= 15 is 0 Å². The third-order valence-electron chi connectivity index (χ3n) is 8.26. The molecule has 1 aliphatic heterocycles. The van der Waals surface area contributed by atoms with Crippen molar-refractivity contribution in [2.45, 2.75) is 15.2 Å². The Hall–Kier alpha value is -4.86. The molecule has 2 aliphatic rings. The molecule has 0 fully saturated rings. The van der Waals surface area contributed by atoms with Gasteiger partial charge in [-0.25, -0.2) is 0 Å². The van der Waals surface area contributed by atoms with Crippen molar-refractivity contribution in [1.29, 1.82) is 0 Å². The van der Waals surface area contributed by atoms with Gasteiger partial charge in [0.2, 0.25) is 0 Å². The van der Waals surface area contributed by atoms with Gasteiger partial charge in [-0.1, -0.05) is 151 Å². The first-order valence-corrected chi connectivity index (χ1v) is 14.7. The van der Waals surface area contributed by atoms with Crippen molar-refractivity contribution >= 4 is 23.2 Å². The lowest BCUT2D eigenvalue weighted by Gasteiger charge is -2.40. The zero-order chi connectivity index (χ0) is 27.2. The second-order valence-corrected chi connectivity index (χ2v) is 11.5. The summed E-state index contributed by atoms with van der Waals surface area (Å²) in [5.74, 6) is 0. The monoisotopic (exact) mass is 542 g/mol. The maximum atomic E-state index is 5.06. The van der Waals surface area contributed by atoms with Crippen LogP contribution in [0.15, 0.2) is 167 Å². The number of hydrazone groups is 1. The highest BCUT2D eigenvalue weighted by atomic mass is 32.2. The van der Waals surface area contributed by atoms with Crippen LogP contribution in [0.5, 0.6) is 0 Å². The Kier molecular flexibility index (Phi) is 5.65. The molecule has 8 rings (SSSR count). The molecule has 0 bridgehead atoms. The van der Waals surface area contributed by atoms with Crippen molar-refractivity contribution in [2.75, 3.05) is 5.43 Å². The normalized spacial score (nSPS) is 13.5. The lowest BCUT2D eigenvalue weighted by atomic mass is 9.67. The molecule has 3 heteroatoms. The van der Waals surface area contributed by atoms with Crippen molar-refractivity contribution in [2.24, 2.45) is 5.10 Å². The van der Waals surface area contributed by atoms with Crippen LogP contribution < -0.4 is 5.43 Å². The Morgan fingerprint density at radius 1 is 0.488 bits per heavy atom. The fraction of sp³-hybridized carbons (Fsp3) is 0.0263. The molecular weight excluding hydrogens is 516 g/mol. The maximum Gasteiger partial charge on any atom is 0.0977 e. The van der Waals surface area contributed by atoms with Crippen LogP contribution in [0.3, 0.4) is 0 Å². The first-order valence-electron chi connectivity index (χ1n) is 13.9. The Morgan fingerprint density at radius 3 is 1.63 bits per heavy atom. The predicted molar refractivity (Wildman–Crippen MR) is 170 cm³/mol. The maximum absolute atomic E-state index is 5.06. The minimum atomic E-state index is -0.395. The molecule has 1 heterocycles. The van der Waals surface area contributed by atoms with E-state index in [0.29, 0.717) is 0 Å². The number of nitrogens with one attached hydrogen (secondary N) is 1. The summed E-state index contributed by atoms with van der Waals surface area (Å²) in [7, 11) is 0. The lowest BCUT2D eigenvalue weighted by molar-refractivity contribution is 0.723. The molecule has 0 radical (unpaired) electrons. The Morgan fingerprint density at radius 2 is 1.00 bits per heavy atom. The summed E-state index contributed by atoms with van der Waals surface area (Å²) in [4.78, 5) is 2.48. The van der Waals surface area contributed by atoms with Gasteiger partial charge in [0.15, 0.2) is 0 Å². The molecule has 0 aromatic heterocycles. The van der Waals surface area contributed by atoms with Gasteiger partial charge in [0.25, 0.3) is 0 Å². The number of hydrogen-bond acceptors (Lipinski definition) is 3. The smallest absolute Gasteiger partial charge is 0.0977 e. The van der Waals surface area contributed by atoms with Gasteiger partial charge in [-0.15, -0.1) is 0 Å². The van der Waals surface area contributed by atoms with Crippen LogP contribution in [0.25, 0.3) is 11.1 Å². The minimum absolute atomic E-state index is 0.395.